The lowest BCUT2D eigenvalue weighted by Crippen LogP contribution is -2.38. The molecule has 0 spiro atoms. The van der Waals surface area contributed by atoms with Crippen LogP contribution in [0.1, 0.15) is 33.1 Å². The molecule has 0 aromatic carbocycles. The van der Waals surface area contributed by atoms with E-state index in [0.29, 0.717) is 6.42 Å². The van der Waals surface area contributed by atoms with Crippen molar-refractivity contribution in [2.45, 2.75) is 45.7 Å². The molecule has 4 heteroatoms. The van der Waals surface area contributed by atoms with Gasteiger partial charge in [-0.15, -0.1) is 0 Å². The Labute approximate surface area is 88.0 Å². The summed E-state index contributed by atoms with van der Waals surface area (Å²) in [5.41, 5.74) is 0. The maximum Gasteiger partial charge on any atom is 0.334 e. The molecule has 0 aromatic rings. The van der Waals surface area contributed by atoms with Crippen LogP contribution in [-0.4, -0.2) is 28.1 Å². The SMILES string of the molecule is CCO[Si](C)(CCCCC=O)OCC. The molecule has 0 unspecified atom stereocenters. The van der Waals surface area contributed by atoms with Crippen LogP contribution >= 0.6 is 0 Å². The van der Waals surface area contributed by atoms with Crippen LogP contribution < -0.4 is 0 Å². The molecule has 0 aliphatic rings. The average Bonchev–Trinajstić information content (AvgIpc) is 2.13. The lowest BCUT2D eigenvalue weighted by Gasteiger charge is -2.25. The highest BCUT2D eigenvalue weighted by Crippen LogP contribution is 2.17. The van der Waals surface area contributed by atoms with Crippen LogP contribution in [0.5, 0.6) is 0 Å². The number of hydrogen-bond donors (Lipinski definition) is 0. The minimum atomic E-state index is -1.92. The molecule has 0 rings (SSSR count). The first kappa shape index (κ1) is 13.8. The van der Waals surface area contributed by atoms with E-state index >= 15 is 0 Å². The minimum absolute atomic E-state index is 0.655. The molecule has 0 amide bonds. The van der Waals surface area contributed by atoms with E-state index in [1.54, 1.807) is 0 Å². The fraction of sp³-hybridized carbons (Fsp3) is 0.900. The summed E-state index contributed by atoms with van der Waals surface area (Å²) in [6.45, 7) is 7.53. The lowest BCUT2D eigenvalue weighted by molar-refractivity contribution is -0.107. The van der Waals surface area contributed by atoms with Crippen LogP contribution in [0.25, 0.3) is 0 Å². The Morgan fingerprint density at radius 3 is 2.14 bits per heavy atom. The van der Waals surface area contributed by atoms with E-state index in [1.165, 1.54) is 0 Å². The van der Waals surface area contributed by atoms with Gasteiger partial charge in [-0.25, -0.2) is 0 Å². The summed E-state index contributed by atoms with van der Waals surface area (Å²) < 4.78 is 11.4. The third-order valence-electron chi connectivity index (χ3n) is 2.10. The van der Waals surface area contributed by atoms with Gasteiger partial charge in [0.05, 0.1) is 0 Å². The second-order valence-corrected chi connectivity index (χ2v) is 6.76. The highest BCUT2D eigenvalue weighted by atomic mass is 28.4. The number of unbranched alkanes of at least 4 members (excludes halogenated alkanes) is 2. The molecule has 14 heavy (non-hydrogen) atoms. The Balaban J connectivity index is 3.76. The third kappa shape index (κ3) is 6.29. The Morgan fingerprint density at radius 2 is 1.71 bits per heavy atom. The van der Waals surface area contributed by atoms with Gasteiger partial charge in [-0.3, -0.25) is 0 Å². The fourth-order valence-electron chi connectivity index (χ4n) is 1.47. The average molecular weight is 218 g/mol. The zero-order valence-electron chi connectivity index (χ0n) is 9.54. The van der Waals surface area contributed by atoms with Crippen molar-refractivity contribution in [3.63, 3.8) is 0 Å². The molecule has 0 fully saturated rings. The van der Waals surface area contributed by atoms with Crippen LogP contribution in [-0.2, 0) is 13.6 Å². The van der Waals surface area contributed by atoms with Crippen LogP contribution in [0, 0.1) is 0 Å². The Hall–Kier alpha value is -0.193. The van der Waals surface area contributed by atoms with Gasteiger partial charge in [-0.1, -0.05) is 6.42 Å². The summed E-state index contributed by atoms with van der Waals surface area (Å²) in [7, 11) is -1.92. The topological polar surface area (TPSA) is 35.5 Å². The van der Waals surface area contributed by atoms with E-state index in [0.717, 1.165) is 38.4 Å². The first-order valence-corrected chi connectivity index (χ1v) is 7.92. The first-order valence-electron chi connectivity index (χ1n) is 5.40. The number of aldehydes is 1. The van der Waals surface area contributed by atoms with Gasteiger partial charge in [0.2, 0.25) is 0 Å². The van der Waals surface area contributed by atoms with E-state index in [-0.39, 0.29) is 0 Å². The van der Waals surface area contributed by atoms with Crippen molar-refractivity contribution in [3.8, 4) is 0 Å². The Bertz CT molecular complexity index is 144. The molecular formula is C10H22O3Si. The smallest absolute Gasteiger partial charge is 0.334 e. The second-order valence-electron chi connectivity index (χ2n) is 3.41. The van der Waals surface area contributed by atoms with Gasteiger partial charge in [-0.2, -0.15) is 0 Å². The monoisotopic (exact) mass is 218 g/mol. The molecule has 0 N–H and O–H groups in total. The fourth-order valence-corrected chi connectivity index (χ4v) is 3.96. The molecule has 3 nitrogen and oxygen atoms in total. The largest absolute Gasteiger partial charge is 0.395 e. The number of hydrogen-bond acceptors (Lipinski definition) is 3. The van der Waals surface area contributed by atoms with Crippen molar-refractivity contribution in [1.29, 1.82) is 0 Å². The van der Waals surface area contributed by atoms with Gasteiger partial charge in [0.25, 0.3) is 0 Å². The first-order chi connectivity index (χ1) is 6.68. The standard InChI is InChI=1S/C10H22O3Si/c1-4-12-14(3,13-5-2)10-8-6-7-9-11/h9H,4-8,10H2,1-3H3. The van der Waals surface area contributed by atoms with Gasteiger partial charge in [-0.05, 0) is 32.9 Å². The normalized spacial score (nSPS) is 11.6. The van der Waals surface area contributed by atoms with E-state index in [4.69, 9.17) is 8.85 Å². The van der Waals surface area contributed by atoms with Crippen LogP contribution in [0.15, 0.2) is 0 Å². The van der Waals surface area contributed by atoms with Crippen molar-refractivity contribution in [2.24, 2.45) is 0 Å². The maximum absolute atomic E-state index is 10.1. The Morgan fingerprint density at radius 1 is 1.14 bits per heavy atom. The lowest BCUT2D eigenvalue weighted by atomic mass is 10.3. The highest BCUT2D eigenvalue weighted by Gasteiger charge is 2.29. The highest BCUT2D eigenvalue weighted by molar-refractivity contribution is 6.66. The predicted molar refractivity (Wildman–Crippen MR) is 59.6 cm³/mol. The molecule has 0 aliphatic carbocycles. The van der Waals surface area contributed by atoms with E-state index < -0.39 is 8.56 Å². The summed E-state index contributed by atoms with van der Waals surface area (Å²) in [5.74, 6) is 0. The van der Waals surface area contributed by atoms with Gasteiger partial charge in [0.1, 0.15) is 6.29 Å². The molecule has 0 heterocycles. The number of carbonyl (C=O) groups is 1. The zero-order valence-corrected chi connectivity index (χ0v) is 10.5. The number of carbonyl (C=O) groups excluding carboxylic acids is 1. The second kappa shape index (κ2) is 8.14. The van der Waals surface area contributed by atoms with E-state index in [1.807, 2.05) is 13.8 Å². The summed E-state index contributed by atoms with van der Waals surface area (Å²) >= 11 is 0. The minimum Gasteiger partial charge on any atom is -0.395 e. The number of rotatable bonds is 9. The van der Waals surface area contributed by atoms with Gasteiger partial charge < -0.3 is 13.6 Å². The van der Waals surface area contributed by atoms with Crippen molar-refractivity contribution >= 4 is 14.8 Å². The molecule has 0 radical (unpaired) electrons. The van der Waals surface area contributed by atoms with Crippen LogP contribution in [0.3, 0.4) is 0 Å². The van der Waals surface area contributed by atoms with E-state index in [9.17, 15) is 4.79 Å². The molecule has 0 bridgehead atoms. The van der Waals surface area contributed by atoms with Gasteiger partial charge in [0.15, 0.2) is 0 Å². The quantitative estimate of drug-likeness (QED) is 0.339. The summed E-state index contributed by atoms with van der Waals surface area (Å²) in [6, 6.07) is 0.989. The zero-order chi connectivity index (χ0) is 10.9. The van der Waals surface area contributed by atoms with Crippen molar-refractivity contribution < 1.29 is 13.6 Å². The molecule has 0 aromatic heterocycles. The van der Waals surface area contributed by atoms with Gasteiger partial charge in [0, 0.05) is 19.6 Å². The molecule has 0 saturated heterocycles. The summed E-state index contributed by atoms with van der Waals surface area (Å²) in [5, 5.41) is 0. The molecule has 84 valence electrons. The van der Waals surface area contributed by atoms with Crippen molar-refractivity contribution in [1.82, 2.24) is 0 Å². The molecular weight excluding hydrogens is 196 g/mol. The van der Waals surface area contributed by atoms with Crippen LogP contribution in [0.2, 0.25) is 12.6 Å². The summed E-state index contributed by atoms with van der Waals surface area (Å²) in [4.78, 5) is 10.1. The van der Waals surface area contributed by atoms with Crippen molar-refractivity contribution in [2.75, 3.05) is 13.2 Å². The van der Waals surface area contributed by atoms with Crippen LogP contribution in [0.4, 0.5) is 0 Å². The predicted octanol–water partition coefficient (Wildman–Crippen LogP) is 2.50. The Kier molecular flexibility index (Phi) is 8.03. The van der Waals surface area contributed by atoms with Gasteiger partial charge >= 0.3 is 8.56 Å². The third-order valence-corrected chi connectivity index (χ3v) is 5.16. The summed E-state index contributed by atoms with van der Waals surface area (Å²) in [6.07, 6.45) is 3.61. The molecule has 0 aliphatic heterocycles. The molecule has 0 atom stereocenters. The maximum atomic E-state index is 10.1. The molecule has 0 saturated carbocycles. The van der Waals surface area contributed by atoms with E-state index in [2.05, 4.69) is 6.55 Å². The van der Waals surface area contributed by atoms with Crippen molar-refractivity contribution in [3.05, 3.63) is 0 Å².